The van der Waals surface area contributed by atoms with Crippen molar-refractivity contribution >= 4 is 51.9 Å². The molecule has 2 aliphatic rings. The second-order valence-electron chi connectivity index (χ2n) is 9.26. The maximum atomic E-state index is 13.6. The molecule has 0 saturated carbocycles. The third-order valence-electron chi connectivity index (χ3n) is 6.62. The molecule has 3 heterocycles. The highest BCUT2D eigenvalue weighted by molar-refractivity contribution is 8.22. The van der Waals surface area contributed by atoms with E-state index >= 15 is 0 Å². The van der Waals surface area contributed by atoms with Gasteiger partial charge in [0, 0.05) is 56.6 Å². The van der Waals surface area contributed by atoms with Crippen LogP contribution in [0.1, 0.15) is 16.1 Å². The predicted octanol–water partition coefficient (Wildman–Crippen LogP) is 4.25. The van der Waals surface area contributed by atoms with E-state index in [0.717, 1.165) is 18.8 Å². The fourth-order valence-corrected chi connectivity index (χ4v) is 5.62. The van der Waals surface area contributed by atoms with Crippen molar-refractivity contribution < 1.29 is 23.1 Å². The van der Waals surface area contributed by atoms with Gasteiger partial charge in [-0.1, -0.05) is 30.4 Å². The first-order valence-electron chi connectivity index (χ1n) is 13.0. The van der Waals surface area contributed by atoms with Gasteiger partial charge in [-0.3, -0.25) is 9.59 Å². The van der Waals surface area contributed by atoms with Gasteiger partial charge in [-0.2, -0.15) is 0 Å². The standard InChI is InChI=1S/C29H29FN4O4S2/c30-22-6-8-23(9-7-22)32-12-14-33(15-13-32)28(36)25(31-27(35)21-4-2-1-3-5-21)20-24-10-11-26(38-24)40-29(39)34-16-18-37-19-17-34/h1-11,20H,12-19H2,(H,31,35). The third-order valence-corrected chi connectivity index (χ3v) is 7.98. The molecule has 2 saturated heterocycles. The van der Waals surface area contributed by atoms with Gasteiger partial charge >= 0.3 is 0 Å². The van der Waals surface area contributed by atoms with Gasteiger partial charge in [-0.25, -0.2) is 4.39 Å². The summed E-state index contributed by atoms with van der Waals surface area (Å²) in [5.74, 6) is -0.560. The van der Waals surface area contributed by atoms with Crippen molar-refractivity contribution in [2.75, 3.05) is 57.4 Å². The van der Waals surface area contributed by atoms with E-state index in [1.165, 1.54) is 23.9 Å². The molecule has 1 aromatic heterocycles. The first kappa shape index (κ1) is 27.9. The largest absolute Gasteiger partial charge is 0.450 e. The molecule has 1 N–H and O–H groups in total. The topological polar surface area (TPSA) is 78.3 Å². The number of hydrogen-bond donors (Lipinski definition) is 1. The van der Waals surface area contributed by atoms with Gasteiger partial charge in [0.25, 0.3) is 11.8 Å². The van der Waals surface area contributed by atoms with E-state index in [0.29, 0.717) is 60.1 Å². The van der Waals surface area contributed by atoms with Crippen LogP contribution in [-0.2, 0) is 9.53 Å². The maximum Gasteiger partial charge on any atom is 0.270 e. The van der Waals surface area contributed by atoms with Crippen LogP contribution in [0.2, 0.25) is 0 Å². The molecular formula is C29H29FN4O4S2. The van der Waals surface area contributed by atoms with Crippen LogP contribution in [0.4, 0.5) is 10.1 Å². The Labute approximate surface area is 241 Å². The van der Waals surface area contributed by atoms with Gasteiger partial charge in [0.1, 0.15) is 21.6 Å². The van der Waals surface area contributed by atoms with Crippen molar-refractivity contribution in [2.24, 2.45) is 0 Å². The Bertz CT molecular complexity index is 1370. The number of thiocarbonyl (C=S) groups is 1. The summed E-state index contributed by atoms with van der Waals surface area (Å²) in [7, 11) is 0. The zero-order chi connectivity index (χ0) is 27.9. The predicted molar refractivity (Wildman–Crippen MR) is 157 cm³/mol. The summed E-state index contributed by atoms with van der Waals surface area (Å²) in [6.07, 6.45) is 1.55. The molecule has 3 aromatic rings. The van der Waals surface area contributed by atoms with E-state index < -0.39 is 0 Å². The van der Waals surface area contributed by atoms with Gasteiger partial charge in [0.05, 0.1) is 13.2 Å². The molecule has 0 spiro atoms. The number of furan rings is 1. The van der Waals surface area contributed by atoms with Crippen LogP contribution in [0.15, 0.2) is 81.9 Å². The summed E-state index contributed by atoms with van der Waals surface area (Å²) >= 11 is 6.90. The van der Waals surface area contributed by atoms with Crippen LogP contribution < -0.4 is 10.2 Å². The molecule has 2 aliphatic heterocycles. The van der Waals surface area contributed by atoms with E-state index in [-0.39, 0.29) is 23.3 Å². The quantitative estimate of drug-likeness (QED) is 0.264. The number of thioether (sulfide) groups is 1. The maximum absolute atomic E-state index is 13.6. The minimum absolute atomic E-state index is 0.116. The molecule has 2 aromatic carbocycles. The average Bonchev–Trinajstić information content (AvgIpc) is 3.44. The molecule has 0 atom stereocenters. The van der Waals surface area contributed by atoms with Gasteiger partial charge in [0.2, 0.25) is 0 Å². The summed E-state index contributed by atoms with van der Waals surface area (Å²) in [5.41, 5.74) is 1.46. The van der Waals surface area contributed by atoms with Crippen molar-refractivity contribution in [1.29, 1.82) is 0 Å². The Morgan fingerprint density at radius 1 is 0.875 bits per heavy atom. The molecule has 0 bridgehead atoms. The Morgan fingerprint density at radius 3 is 2.27 bits per heavy atom. The van der Waals surface area contributed by atoms with Crippen LogP contribution in [0.3, 0.4) is 0 Å². The van der Waals surface area contributed by atoms with Gasteiger partial charge in [-0.15, -0.1) is 0 Å². The van der Waals surface area contributed by atoms with Gasteiger partial charge < -0.3 is 29.2 Å². The molecule has 11 heteroatoms. The van der Waals surface area contributed by atoms with Crippen molar-refractivity contribution in [3.05, 3.63) is 89.6 Å². The van der Waals surface area contributed by atoms with E-state index in [1.54, 1.807) is 59.5 Å². The van der Waals surface area contributed by atoms with Crippen LogP contribution in [-0.4, -0.2) is 78.4 Å². The van der Waals surface area contributed by atoms with Crippen molar-refractivity contribution in [3.8, 4) is 0 Å². The number of anilines is 1. The SMILES string of the molecule is O=C(NC(=Cc1ccc(SC(=S)N2CCOCC2)o1)C(=O)N1CCN(c2ccc(F)cc2)CC1)c1ccccc1. The average molecular weight is 581 g/mol. The summed E-state index contributed by atoms with van der Waals surface area (Å²) in [5, 5.41) is 3.39. The lowest BCUT2D eigenvalue weighted by Crippen LogP contribution is -2.50. The number of hydrogen-bond acceptors (Lipinski definition) is 7. The van der Waals surface area contributed by atoms with E-state index in [9.17, 15) is 14.0 Å². The number of nitrogens with one attached hydrogen (secondary N) is 1. The number of halogens is 1. The van der Waals surface area contributed by atoms with Crippen LogP contribution in [0.25, 0.3) is 6.08 Å². The normalized spacial score (nSPS) is 16.1. The molecule has 0 aliphatic carbocycles. The molecule has 5 rings (SSSR count). The fourth-order valence-electron chi connectivity index (χ4n) is 4.43. The van der Waals surface area contributed by atoms with Gasteiger partial charge in [-0.05, 0) is 60.3 Å². The highest BCUT2D eigenvalue weighted by Gasteiger charge is 2.26. The van der Waals surface area contributed by atoms with Crippen molar-refractivity contribution in [2.45, 2.75) is 5.09 Å². The number of ether oxygens (including phenoxy) is 1. The molecule has 208 valence electrons. The summed E-state index contributed by atoms with van der Waals surface area (Å²) in [6, 6.07) is 18.6. The summed E-state index contributed by atoms with van der Waals surface area (Å²) < 4.78 is 25.4. The molecule has 40 heavy (non-hydrogen) atoms. The number of benzene rings is 2. The summed E-state index contributed by atoms with van der Waals surface area (Å²) in [4.78, 5) is 32.5. The van der Waals surface area contributed by atoms with Crippen LogP contribution >= 0.6 is 24.0 Å². The molecule has 0 unspecified atom stereocenters. The van der Waals surface area contributed by atoms with E-state index in [2.05, 4.69) is 15.1 Å². The number of morpholine rings is 1. The smallest absolute Gasteiger partial charge is 0.270 e. The zero-order valence-electron chi connectivity index (χ0n) is 21.8. The second kappa shape index (κ2) is 13.1. The Hall–Kier alpha value is -3.67. The van der Waals surface area contributed by atoms with Crippen molar-refractivity contribution in [1.82, 2.24) is 15.1 Å². The van der Waals surface area contributed by atoms with Gasteiger partial charge in [0.15, 0.2) is 5.09 Å². The first-order chi connectivity index (χ1) is 19.5. The molecule has 0 radical (unpaired) electrons. The lowest BCUT2D eigenvalue weighted by Gasteiger charge is -2.36. The van der Waals surface area contributed by atoms with Crippen LogP contribution in [0.5, 0.6) is 0 Å². The highest BCUT2D eigenvalue weighted by Crippen LogP contribution is 2.26. The number of rotatable bonds is 6. The number of amides is 2. The van der Waals surface area contributed by atoms with Crippen LogP contribution in [0, 0.1) is 5.82 Å². The summed E-state index contributed by atoms with van der Waals surface area (Å²) in [6.45, 7) is 4.80. The minimum Gasteiger partial charge on any atom is -0.450 e. The molecular weight excluding hydrogens is 551 g/mol. The number of carbonyl (C=O) groups excluding carboxylic acids is 2. The Morgan fingerprint density at radius 2 is 1.57 bits per heavy atom. The monoisotopic (exact) mass is 580 g/mol. The molecule has 8 nitrogen and oxygen atoms in total. The van der Waals surface area contributed by atoms with E-state index in [1.807, 2.05) is 6.07 Å². The minimum atomic E-state index is -0.389. The Balaban J connectivity index is 1.30. The van der Waals surface area contributed by atoms with Crippen molar-refractivity contribution in [3.63, 3.8) is 0 Å². The Kier molecular flexibility index (Phi) is 9.15. The number of carbonyl (C=O) groups is 2. The lowest BCUT2D eigenvalue weighted by atomic mass is 10.2. The third kappa shape index (κ3) is 7.09. The first-order valence-corrected chi connectivity index (χ1v) is 14.2. The second-order valence-corrected chi connectivity index (χ2v) is 10.9. The van der Waals surface area contributed by atoms with E-state index in [4.69, 9.17) is 21.4 Å². The lowest BCUT2D eigenvalue weighted by molar-refractivity contribution is -0.127. The molecule has 2 fully saturated rings. The highest BCUT2D eigenvalue weighted by atomic mass is 32.2. The number of piperazine rings is 1. The fraction of sp³-hybridized carbons (Fsp3) is 0.276. The zero-order valence-corrected chi connectivity index (χ0v) is 23.4. The molecule has 2 amide bonds. The number of nitrogens with zero attached hydrogens (tertiary/aromatic N) is 3.